The first kappa shape index (κ1) is 21.9. The van der Waals surface area contributed by atoms with Crippen molar-refractivity contribution in [2.75, 3.05) is 5.73 Å². The number of allylic oxidation sites excluding steroid dienone is 4. The van der Waals surface area contributed by atoms with Crippen molar-refractivity contribution >= 4 is 60.8 Å². The van der Waals surface area contributed by atoms with Crippen LogP contribution in [0.5, 0.6) is 0 Å². The summed E-state index contributed by atoms with van der Waals surface area (Å²) in [6.45, 7) is 0. The molecule has 1 aliphatic carbocycles. The van der Waals surface area contributed by atoms with E-state index < -0.39 is 0 Å². The Morgan fingerprint density at radius 2 is 1.49 bits per heavy atom. The van der Waals surface area contributed by atoms with Gasteiger partial charge in [0.05, 0.1) is 16.7 Å². The van der Waals surface area contributed by atoms with Crippen molar-refractivity contribution in [2.24, 2.45) is 0 Å². The molecule has 0 fully saturated rings. The molecule has 4 nitrogen and oxygen atoms in total. The van der Waals surface area contributed by atoms with Gasteiger partial charge in [-0.15, -0.1) is 0 Å². The van der Waals surface area contributed by atoms with Crippen molar-refractivity contribution in [2.45, 2.75) is 12.8 Å². The number of benzene rings is 4. The van der Waals surface area contributed by atoms with E-state index in [2.05, 4.69) is 94.5 Å². The molecule has 7 aromatic rings. The molecule has 4 aromatic carbocycles. The lowest BCUT2D eigenvalue weighted by atomic mass is 9.95. The first-order chi connectivity index (χ1) is 19.2. The van der Waals surface area contributed by atoms with Gasteiger partial charge >= 0.3 is 0 Å². The Balaban J connectivity index is 1.31. The normalized spacial score (nSPS) is 13.8. The Morgan fingerprint density at radius 1 is 0.667 bits per heavy atom. The molecular formula is C35H25N3O. The molecule has 3 heterocycles. The fraction of sp³-hybridized carbons (Fsp3) is 0.0571. The van der Waals surface area contributed by atoms with Gasteiger partial charge in [0, 0.05) is 32.8 Å². The van der Waals surface area contributed by atoms with Crippen molar-refractivity contribution in [3.8, 4) is 11.3 Å². The van der Waals surface area contributed by atoms with Crippen LogP contribution in [0.1, 0.15) is 18.4 Å². The molecular weight excluding hydrogens is 478 g/mol. The average molecular weight is 504 g/mol. The zero-order chi connectivity index (χ0) is 25.9. The van der Waals surface area contributed by atoms with E-state index in [1.165, 1.54) is 38.6 Å². The van der Waals surface area contributed by atoms with Crippen LogP contribution < -0.4 is 5.73 Å². The summed E-state index contributed by atoms with van der Waals surface area (Å²) < 4.78 is 8.69. The topological polar surface area (TPSA) is 57.0 Å². The number of hydrogen-bond donors (Lipinski definition) is 1. The molecule has 0 unspecified atom stereocenters. The highest BCUT2D eigenvalue weighted by atomic mass is 16.3. The van der Waals surface area contributed by atoms with Crippen LogP contribution in [0.2, 0.25) is 0 Å². The summed E-state index contributed by atoms with van der Waals surface area (Å²) in [5.74, 6) is 0.530. The summed E-state index contributed by atoms with van der Waals surface area (Å²) in [5, 5.41) is 4.75. The molecule has 2 N–H and O–H groups in total. The number of hydrogen-bond acceptors (Lipinski definition) is 3. The highest BCUT2D eigenvalue weighted by molar-refractivity contribution is 6.17. The maximum atomic E-state index is 6.25. The van der Waals surface area contributed by atoms with E-state index in [0.29, 0.717) is 5.82 Å². The van der Waals surface area contributed by atoms with E-state index in [9.17, 15) is 0 Å². The maximum Gasteiger partial charge on any atom is 0.136 e. The third-order valence-corrected chi connectivity index (χ3v) is 7.81. The fourth-order valence-corrected chi connectivity index (χ4v) is 6.03. The number of anilines is 1. The monoisotopic (exact) mass is 503 g/mol. The summed E-state index contributed by atoms with van der Waals surface area (Å²) in [4.78, 5) is 4.53. The molecule has 0 amide bonds. The van der Waals surface area contributed by atoms with Crippen LogP contribution in [0.15, 0.2) is 120 Å². The van der Waals surface area contributed by atoms with E-state index in [1.54, 1.807) is 0 Å². The predicted molar refractivity (Wildman–Crippen MR) is 162 cm³/mol. The lowest BCUT2D eigenvalue weighted by Gasteiger charge is -2.18. The molecule has 186 valence electrons. The van der Waals surface area contributed by atoms with Gasteiger partial charge in [0.1, 0.15) is 17.0 Å². The quantitative estimate of drug-likeness (QED) is 0.262. The number of pyridine rings is 1. The molecule has 0 bridgehead atoms. The Hall–Kier alpha value is -5.09. The molecule has 39 heavy (non-hydrogen) atoms. The van der Waals surface area contributed by atoms with Gasteiger partial charge < -0.3 is 14.7 Å². The van der Waals surface area contributed by atoms with Gasteiger partial charge in [0.2, 0.25) is 0 Å². The zero-order valence-electron chi connectivity index (χ0n) is 21.3. The third-order valence-electron chi connectivity index (χ3n) is 7.81. The van der Waals surface area contributed by atoms with Gasteiger partial charge in [-0.3, -0.25) is 0 Å². The number of nitrogens with zero attached hydrogens (tertiary/aromatic N) is 2. The van der Waals surface area contributed by atoms with Gasteiger partial charge in [0.25, 0.3) is 0 Å². The fourth-order valence-electron chi connectivity index (χ4n) is 6.03. The molecule has 1 aliphatic rings. The van der Waals surface area contributed by atoms with E-state index in [4.69, 9.17) is 10.2 Å². The molecule has 3 aromatic heterocycles. The molecule has 0 spiro atoms. The third kappa shape index (κ3) is 3.49. The second kappa shape index (κ2) is 8.47. The first-order valence-corrected chi connectivity index (χ1v) is 13.3. The Labute approximate surface area is 225 Å². The molecule has 0 radical (unpaired) electrons. The smallest absolute Gasteiger partial charge is 0.136 e. The highest BCUT2D eigenvalue weighted by Gasteiger charge is 2.19. The highest BCUT2D eigenvalue weighted by Crippen LogP contribution is 2.40. The minimum Gasteiger partial charge on any atom is -0.456 e. The van der Waals surface area contributed by atoms with Crippen LogP contribution in [0.3, 0.4) is 0 Å². The number of nitrogen functional groups attached to an aromatic ring is 1. The van der Waals surface area contributed by atoms with E-state index in [0.717, 1.165) is 46.0 Å². The minimum atomic E-state index is 0.530. The van der Waals surface area contributed by atoms with Crippen molar-refractivity contribution < 1.29 is 4.42 Å². The van der Waals surface area contributed by atoms with Gasteiger partial charge in [0.15, 0.2) is 0 Å². The molecule has 8 rings (SSSR count). The summed E-state index contributed by atoms with van der Waals surface area (Å²) >= 11 is 0. The van der Waals surface area contributed by atoms with E-state index in [1.807, 2.05) is 30.3 Å². The second-order valence-electron chi connectivity index (χ2n) is 10.2. The number of furan rings is 1. The van der Waals surface area contributed by atoms with Crippen molar-refractivity contribution in [1.29, 1.82) is 0 Å². The molecule has 4 heteroatoms. The number of aromatic nitrogens is 2. The molecule has 0 atom stereocenters. The standard InChI is InChI=1S/C35H25N3O/c36-35-17-7-14-30(37-35)24-10-5-8-22(18-24)23-9-6-11-25(19-23)38-31-15-3-1-12-26(31)28-21-34-29(20-32(28)38)27-13-2-4-16-33(27)39-34/h1-5,7-10,12-21H,6,11H2,(H2,36,37). The minimum absolute atomic E-state index is 0.530. The van der Waals surface area contributed by atoms with Crippen LogP contribution >= 0.6 is 0 Å². The van der Waals surface area contributed by atoms with Crippen molar-refractivity contribution in [3.63, 3.8) is 0 Å². The van der Waals surface area contributed by atoms with E-state index in [-0.39, 0.29) is 0 Å². The summed E-state index contributed by atoms with van der Waals surface area (Å²) in [6, 6.07) is 35.8. The first-order valence-electron chi connectivity index (χ1n) is 13.3. The van der Waals surface area contributed by atoms with Crippen LogP contribution in [-0.4, -0.2) is 9.55 Å². The average Bonchev–Trinajstić information content (AvgIpc) is 3.51. The zero-order valence-corrected chi connectivity index (χ0v) is 21.3. The van der Waals surface area contributed by atoms with Gasteiger partial charge in [-0.25, -0.2) is 4.98 Å². The van der Waals surface area contributed by atoms with Crippen LogP contribution in [0.25, 0.3) is 66.3 Å². The van der Waals surface area contributed by atoms with Crippen LogP contribution in [0.4, 0.5) is 5.82 Å². The summed E-state index contributed by atoms with van der Waals surface area (Å²) in [6.07, 6.45) is 6.63. The summed E-state index contributed by atoms with van der Waals surface area (Å²) in [7, 11) is 0. The predicted octanol–water partition coefficient (Wildman–Crippen LogP) is 9.06. The lowest BCUT2D eigenvalue weighted by molar-refractivity contribution is 0.669. The van der Waals surface area contributed by atoms with Crippen LogP contribution in [0, 0.1) is 0 Å². The van der Waals surface area contributed by atoms with Crippen LogP contribution in [-0.2, 0) is 0 Å². The largest absolute Gasteiger partial charge is 0.456 e. The molecule has 0 saturated heterocycles. The molecule has 0 aliphatic heterocycles. The van der Waals surface area contributed by atoms with Crippen molar-refractivity contribution in [1.82, 2.24) is 9.55 Å². The number of para-hydroxylation sites is 2. The second-order valence-corrected chi connectivity index (χ2v) is 10.2. The van der Waals surface area contributed by atoms with E-state index >= 15 is 0 Å². The van der Waals surface area contributed by atoms with Crippen molar-refractivity contribution in [3.05, 3.63) is 121 Å². The van der Waals surface area contributed by atoms with Gasteiger partial charge in [-0.2, -0.15) is 0 Å². The molecule has 0 saturated carbocycles. The van der Waals surface area contributed by atoms with Gasteiger partial charge in [-0.05, 0) is 72.5 Å². The Kier molecular flexibility index (Phi) is 4.76. The number of fused-ring (bicyclic) bond motifs is 6. The number of nitrogens with two attached hydrogens (primary N) is 1. The maximum absolute atomic E-state index is 6.25. The van der Waals surface area contributed by atoms with Gasteiger partial charge in [-0.1, -0.05) is 66.7 Å². The number of rotatable bonds is 3. The Morgan fingerprint density at radius 3 is 2.41 bits per heavy atom. The summed E-state index contributed by atoms with van der Waals surface area (Å²) in [5.41, 5.74) is 15.9. The Bertz CT molecular complexity index is 2140. The lowest BCUT2D eigenvalue weighted by Crippen LogP contribution is -2.01. The SMILES string of the molecule is Nc1cccc(-c2cccc(C3=CCCC(n4c5ccccc5c5cc6oc7ccccc7c6cc54)=C3)c2)n1.